The first-order valence-electron chi connectivity index (χ1n) is 20.2. The molecule has 2 N–H and O–H groups in total. The molecule has 1 aliphatic heterocycles. The summed E-state index contributed by atoms with van der Waals surface area (Å²) in [4.78, 5) is 51.3. The van der Waals surface area contributed by atoms with Crippen molar-refractivity contribution in [1.29, 1.82) is 5.26 Å². The second kappa shape index (κ2) is 21.7. The molecule has 5 amide bonds. The molecule has 0 aromatic heterocycles. The molecule has 2 aliphatic rings. The Morgan fingerprint density at radius 1 is 0.833 bits per heavy atom. The Kier molecular flexibility index (Phi) is 16.0. The standard InChI is InChI=1S/C24H16F6N4O2.C22H17ClF3N3O7/c25-23(26,27)18-3-1-2-17(13-18)21(12-15-4-6-16(14-31)7-5-15)33-34-22(35)32-19-8-10-20(11-9-19)36-24(28,29)30;1-33-18(30)21-10-12-9-13(23)3-8-16(12)17(21)27-28(11-35-21)19(31)29(20(32)34-2)14-4-6-15(7-5-14)36-22(24,25)26/h1-11,13H,12H2,(H2,32,34,35);3-9H,10-11H2,1-2H3/b33-21-;/t;21-/m.0/s1. The maximum absolute atomic E-state index is 13.3. The first-order chi connectivity index (χ1) is 33.9. The number of alkyl halides is 9. The molecule has 0 spiro atoms. The van der Waals surface area contributed by atoms with Gasteiger partial charge in [-0.15, -0.1) is 26.3 Å². The number of anilines is 2. The number of rotatable bonds is 9. The van der Waals surface area contributed by atoms with Crippen LogP contribution in [0.3, 0.4) is 0 Å². The van der Waals surface area contributed by atoms with Gasteiger partial charge >= 0.3 is 43.0 Å². The fourth-order valence-electron chi connectivity index (χ4n) is 6.86. The Labute approximate surface area is 405 Å². The van der Waals surface area contributed by atoms with Crippen LogP contribution in [0.5, 0.6) is 11.5 Å². The van der Waals surface area contributed by atoms with Gasteiger partial charge in [0.15, 0.2) is 0 Å². The molecule has 5 aromatic carbocycles. The summed E-state index contributed by atoms with van der Waals surface area (Å²) in [5.41, 5.74) is 2.01. The van der Waals surface area contributed by atoms with Gasteiger partial charge in [-0.1, -0.05) is 41.9 Å². The number of hydrogen-bond donors (Lipinski definition) is 2. The number of imide groups is 1. The number of hydrazone groups is 2. The first kappa shape index (κ1) is 53.0. The number of halogens is 10. The molecule has 16 nitrogen and oxygen atoms in total. The lowest BCUT2D eigenvalue weighted by Gasteiger charge is -2.35. The van der Waals surface area contributed by atoms with Gasteiger partial charge in [0.2, 0.25) is 5.60 Å². The monoisotopic (exact) mass is 1030 g/mol. The third-order valence-electron chi connectivity index (χ3n) is 10.0. The summed E-state index contributed by atoms with van der Waals surface area (Å²) in [5, 5.41) is 20.7. The van der Waals surface area contributed by atoms with Crippen molar-refractivity contribution < 1.29 is 82.4 Å². The topological polar surface area (TPSA) is 193 Å². The highest BCUT2D eigenvalue weighted by Gasteiger charge is 2.55. The van der Waals surface area contributed by atoms with Gasteiger partial charge in [0.25, 0.3) is 0 Å². The predicted octanol–water partition coefficient (Wildman–Crippen LogP) is 10.3. The van der Waals surface area contributed by atoms with E-state index < -0.39 is 72.4 Å². The fourth-order valence-corrected chi connectivity index (χ4v) is 7.06. The van der Waals surface area contributed by atoms with E-state index in [-0.39, 0.29) is 41.2 Å². The average molecular weight is 1030 g/mol. The van der Waals surface area contributed by atoms with E-state index in [1.54, 1.807) is 30.3 Å². The lowest BCUT2D eigenvalue weighted by molar-refractivity contribution is -0.275. The maximum atomic E-state index is 13.3. The van der Waals surface area contributed by atoms with E-state index in [2.05, 4.69) is 35.2 Å². The molecule has 1 atom stereocenters. The third-order valence-corrected chi connectivity index (χ3v) is 10.3. The molecule has 0 fully saturated rings. The number of carbonyl (C=O) groups is 4. The van der Waals surface area contributed by atoms with Crippen LogP contribution in [0.1, 0.15) is 33.4 Å². The van der Waals surface area contributed by atoms with E-state index >= 15 is 0 Å². The van der Waals surface area contributed by atoms with E-state index in [1.165, 1.54) is 31.4 Å². The number of nitriles is 1. The van der Waals surface area contributed by atoms with E-state index in [1.807, 2.05) is 6.07 Å². The largest absolute Gasteiger partial charge is 0.573 e. The highest BCUT2D eigenvalue weighted by atomic mass is 35.5. The lowest BCUT2D eigenvalue weighted by atomic mass is 9.97. The summed E-state index contributed by atoms with van der Waals surface area (Å²) in [6.45, 7) is -0.554. The highest BCUT2D eigenvalue weighted by Crippen LogP contribution is 2.39. The fraction of sp³-hybridized carbons (Fsp3) is 0.196. The van der Waals surface area contributed by atoms with Gasteiger partial charge in [-0.25, -0.2) is 24.6 Å². The third kappa shape index (κ3) is 13.3. The summed E-state index contributed by atoms with van der Waals surface area (Å²) < 4.78 is 137. The number of hydrogen-bond acceptors (Lipinski definition) is 12. The van der Waals surface area contributed by atoms with Gasteiger partial charge in [-0.05, 0) is 102 Å². The Bertz CT molecular complexity index is 2930. The number of fused-ring (bicyclic) bond motifs is 3. The second-order valence-corrected chi connectivity index (χ2v) is 15.2. The molecule has 0 saturated carbocycles. The van der Waals surface area contributed by atoms with Gasteiger partial charge in [0.1, 0.15) is 23.9 Å². The van der Waals surface area contributed by atoms with E-state index in [4.69, 9.17) is 26.3 Å². The summed E-state index contributed by atoms with van der Waals surface area (Å²) in [5.74, 6) is -1.79. The van der Waals surface area contributed by atoms with Crippen LogP contribution in [0.2, 0.25) is 5.02 Å². The van der Waals surface area contributed by atoms with Crippen LogP contribution in [0, 0.1) is 11.3 Å². The van der Waals surface area contributed by atoms with Crippen molar-refractivity contribution >= 4 is 58.5 Å². The highest BCUT2D eigenvalue weighted by molar-refractivity contribution is 6.31. The molecule has 376 valence electrons. The number of esters is 1. The van der Waals surface area contributed by atoms with Crippen LogP contribution >= 0.6 is 11.6 Å². The molecule has 1 heterocycles. The maximum Gasteiger partial charge on any atom is 0.573 e. The first-order valence-corrected chi connectivity index (χ1v) is 20.6. The second-order valence-electron chi connectivity index (χ2n) is 14.8. The minimum atomic E-state index is -4.92. The molecule has 72 heavy (non-hydrogen) atoms. The summed E-state index contributed by atoms with van der Waals surface area (Å²) in [7, 11) is 2.19. The number of nitrogens with zero attached hydrogens (tertiary/aromatic N) is 5. The number of urea groups is 2. The quantitative estimate of drug-likeness (QED) is 0.0621. The van der Waals surface area contributed by atoms with Crippen LogP contribution in [-0.4, -0.2) is 79.8 Å². The number of nitrogens with one attached hydrogen (secondary N) is 2. The molecule has 0 unspecified atom stereocenters. The van der Waals surface area contributed by atoms with Gasteiger partial charge in [0, 0.05) is 29.1 Å². The van der Waals surface area contributed by atoms with Crippen LogP contribution in [0.25, 0.3) is 0 Å². The molecule has 7 rings (SSSR count). The molecular weight excluding hydrogens is 1000 g/mol. The SMILES string of the molecule is COC(=O)N(C(=O)N1CO[C@@]2(C(=O)OC)Cc3cc(Cl)ccc3C2=N1)c1ccc(OC(F)(F)F)cc1.N#Cc1ccc(C/C(=N/NC(=O)Nc2ccc(OC(F)(F)F)cc2)c2cccc(C(F)(F)F)c2)cc1. The molecular formula is C46H33ClF9N7O9. The number of amides is 5. The van der Waals surface area contributed by atoms with Crippen molar-refractivity contribution in [3.8, 4) is 17.6 Å². The van der Waals surface area contributed by atoms with Crippen LogP contribution < -0.4 is 25.1 Å². The lowest BCUT2D eigenvalue weighted by Crippen LogP contribution is -2.56. The smallest absolute Gasteiger partial charge is 0.467 e. The van der Waals surface area contributed by atoms with Crippen LogP contribution in [-0.2, 0) is 38.0 Å². The minimum Gasteiger partial charge on any atom is -0.467 e. The number of carbonyl (C=O) groups excluding carboxylic acids is 4. The zero-order valence-corrected chi connectivity index (χ0v) is 37.5. The van der Waals surface area contributed by atoms with Crippen LogP contribution in [0.4, 0.5) is 65.3 Å². The van der Waals surface area contributed by atoms with Crippen molar-refractivity contribution in [3.05, 3.63) is 154 Å². The minimum absolute atomic E-state index is 0.0246. The average Bonchev–Trinajstić information content (AvgIpc) is 3.66. The number of benzene rings is 5. The number of methoxy groups -OCH3 is 2. The van der Waals surface area contributed by atoms with E-state index in [0.29, 0.717) is 32.2 Å². The summed E-state index contributed by atoms with van der Waals surface area (Å²) >= 11 is 6.07. The van der Waals surface area contributed by atoms with Gasteiger partial charge in [-0.3, -0.25) is 0 Å². The molecule has 26 heteroatoms. The Balaban J connectivity index is 0.000000235. The van der Waals surface area contributed by atoms with E-state index in [0.717, 1.165) is 72.8 Å². The zero-order valence-electron chi connectivity index (χ0n) is 36.8. The molecule has 1 aliphatic carbocycles. The number of ether oxygens (including phenoxy) is 5. The Hall–Kier alpha value is -8.37. The zero-order chi connectivity index (χ0) is 52.6. The van der Waals surface area contributed by atoms with Crippen molar-refractivity contribution in [2.24, 2.45) is 10.2 Å². The van der Waals surface area contributed by atoms with Crippen molar-refractivity contribution in [1.82, 2.24) is 10.4 Å². The van der Waals surface area contributed by atoms with Crippen molar-refractivity contribution in [2.45, 2.75) is 37.3 Å². The predicted molar refractivity (Wildman–Crippen MR) is 236 cm³/mol. The Morgan fingerprint density at radius 2 is 1.46 bits per heavy atom. The van der Waals surface area contributed by atoms with Gasteiger partial charge in [-0.2, -0.15) is 38.5 Å². The Morgan fingerprint density at radius 3 is 2.03 bits per heavy atom. The van der Waals surface area contributed by atoms with Crippen molar-refractivity contribution in [3.63, 3.8) is 0 Å². The molecule has 0 radical (unpaired) electrons. The van der Waals surface area contributed by atoms with Crippen molar-refractivity contribution in [2.75, 3.05) is 31.2 Å². The van der Waals surface area contributed by atoms with Crippen LogP contribution in [0.15, 0.2) is 125 Å². The molecule has 0 saturated heterocycles. The van der Waals surface area contributed by atoms with Gasteiger partial charge in [0.05, 0.1) is 42.8 Å². The molecule has 0 bridgehead atoms. The molecule has 5 aromatic rings. The summed E-state index contributed by atoms with van der Waals surface area (Å²) in [6.07, 6.45) is -15.4. The van der Waals surface area contributed by atoms with Gasteiger partial charge < -0.3 is 29.0 Å². The normalized spacial score (nSPS) is 15.2. The van der Waals surface area contributed by atoms with E-state index in [9.17, 15) is 58.7 Å². The summed E-state index contributed by atoms with van der Waals surface area (Å²) in [6, 6.07) is 23.7.